The van der Waals surface area contributed by atoms with Gasteiger partial charge in [-0.2, -0.15) is 5.10 Å². The molecule has 0 bridgehead atoms. The summed E-state index contributed by atoms with van der Waals surface area (Å²) in [5, 5.41) is 5.02. The van der Waals surface area contributed by atoms with E-state index in [4.69, 9.17) is 11.6 Å². The van der Waals surface area contributed by atoms with Gasteiger partial charge in [0.15, 0.2) is 0 Å². The molecule has 5 rings (SSSR count). The molecule has 0 fully saturated rings. The highest BCUT2D eigenvalue weighted by atomic mass is 35.5. The van der Waals surface area contributed by atoms with Gasteiger partial charge in [-0.3, -0.25) is 19.4 Å². The Morgan fingerprint density at radius 2 is 1.90 bits per heavy atom. The summed E-state index contributed by atoms with van der Waals surface area (Å²) in [4.78, 5) is 23.7. The van der Waals surface area contributed by atoms with Crippen molar-refractivity contribution in [1.82, 2.24) is 24.6 Å². The molecular weight excluding hydrogens is 417 g/mol. The molecule has 3 heterocycles. The Labute approximate surface area is 183 Å². The molecule has 0 aliphatic carbocycles. The van der Waals surface area contributed by atoms with Crippen LogP contribution < -0.4 is 0 Å². The van der Waals surface area contributed by atoms with Gasteiger partial charge in [-0.15, -0.1) is 0 Å². The lowest BCUT2D eigenvalue weighted by atomic mass is 9.95. The Bertz CT molecular complexity index is 1310. The van der Waals surface area contributed by atoms with Gasteiger partial charge >= 0.3 is 0 Å². The Balaban J connectivity index is 1.50. The number of hydrogen-bond donors (Lipinski definition) is 0. The van der Waals surface area contributed by atoms with Crippen LogP contribution in [0.1, 0.15) is 34.6 Å². The molecule has 6 nitrogen and oxygen atoms in total. The zero-order valence-electron chi connectivity index (χ0n) is 17.0. The maximum Gasteiger partial charge on any atom is 0.254 e. The number of aromatic nitrogens is 4. The van der Waals surface area contributed by atoms with Crippen LogP contribution in [0.3, 0.4) is 0 Å². The van der Waals surface area contributed by atoms with Gasteiger partial charge in [0.2, 0.25) is 0 Å². The number of rotatable bonds is 2. The van der Waals surface area contributed by atoms with Crippen molar-refractivity contribution in [3.8, 4) is 11.3 Å². The second kappa shape index (κ2) is 7.42. The minimum Gasteiger partial charge on any atom is -0.330 e. The van der Waals surface area contributed by atoms with E-state index in [-0.39, 0.29) is 11.9 Å². The Morgan fingerprint density at radius 1 is 1.13 bits per heavy atom. The van der Waals surface area contributed by atoms with Crippen molar-refractivity contribution >= 4 is 28.5 Å². The summed E-state index contributed by atoms with van der Waals surface area (Å²) in [6.07, 6.45) is 3.86. The molecule has 31 heavy (non-hydrogen) atoms. The number of fused-ring (bicyclic) bond motifs is 2. The highest BCUT2D eigenvalue weighted by Crippen LogP contribution is 2.37. The number of halogens is 2. The number of amides is 1. The third kappa shape index (κ3) is 3.35. The third-order valence-electron chi connectivity index (χ3n) is 5.76. The number of carbonyl (C=O) groups is 1. The van der Waals surface area contributed by atoms with Gasteiger partial charge in [-0.25, -0.2) is 4.39 Å². The zero-order valence-corrected chi connectivity index (χ0v) is 17.8. The van der Waals surface area contributed by atoms with Gasteiger partial charge in [0, 0.05) is 47.7 Å². The smallest absolute Gasteiger partial charge is 0.254 e. The monoisotopic (exact) mass is 435 g/mol. The summed E-state index contributed by atoms with van der Waals surface area (Å²) < 4.78 is 15.7. The number of nitrogens with zero attached hydrogens (tertiary/aromatic N) is 5. The van der Waals surface area contributed by atoms with E-state index in [1.807, 2.05) is 24.9 Å². The summed E-state index contributed by atoms with van der Waals surface area (Å²) in [7, 11) is 1.83. The number of carbonyl (C=O) groups excluding carboxylic acids is 1. The van der Waals surface area contributed by atoms with Crippen LogP contribution in [-0.2, 0) is 13.5 Å². The van der Waals surface area contributed by atoms with Crippen LogP contribution in [0.2, 0.25) is 5.02 Å². The van der Waals surface area contributed by atoms with Crippen molar-refractivity contribution in [3.05, 3.63) is 76.5 Å². The third-order valence-corrected chi connectivity index (χ3v) is 5.97. The van der Waals surface area contributed by atoms with Gasteiger partial charge in [-0.1, -0.05) is 11.6 Å². The fraction of sp³-hybridized carbons (Fsp3) is 0.217. The summed E-state index contributed by atoms with van der Waals surface area (Å²) >= 11 is 6.07. The van der Waals surface area contributed by atoms with Crippen LogP contribution in [0.25, 0.3) is 22.3 Å². The predicted octanol–water partition coefficient (Wildman–Crippen LogP) is 4.58. The zero-order chi connectivity index (χ0) is 21.7. The second-order valence-corrected chi connectivity index (χ2v) is 8.11. The van der Waals surface area contributed by atoms with Crippen LogP contribution in [0.4, 0.5) is 4.39 Å². The summed E-state index contributed by atoms with van der Waals surface area (Å²) in [6.45, 7) is 2.50. The van der Waals surface area contributed by atoms with Crippen molar-refractivity contribution < 1.29 is 9.18 Å². The maximum atomic E-state index is 14.0. The molecule has 0 saturated carbocycles. The molecule has 4 aromatic rings. The largest absolute Gasteiger partial charge is 0.330 e. The molecule has 8 heteroatoms. The number of aryl methyl sites for hydroxylation is 1. The standard InChI is InChI=1S/C23H19ClFN5O/c1-13-21-18(22(29(2)28-21)15-9-16(24)12-17(25)10-15)5-8-30(13)23(31)14-3-4-19-20(11-14)27-7-6-26-19/h3-4,6-7,9-13H,5,8H2,1-2H3/t13-/m0/s1. The Morgan fingerprint density at radius 3 is 2.68 bits per heavy atom. The van der Waals surface area contributed by atoms with E-state index >= 15 is 0 Å². The highest BCUT2D eigenvalue weighted by Gasteiger charge is 2.33. The van der Waals surface area contributed by atoms with Crippen LogP contribution >= 0.6 is 11.6 Å². The summed E-state index contributed by atoms with van der Waals surface area (Å²) in [5.74, 6) is -0.468. The minimum absolute atomic E-state index is 0.0771. The van der Waals surface area contributed by atoms with E-state index in [9.17, 15) is 9.18 Å². The second-order valence-electron chi connectivity index (χ2n) is 7.68. The van der Waals surface area contributed by atoms with Crippen LogP contribution in [-0.4, -0.2) is 37.1 Å². The Kier molecular flexibility index (Phi) is 4.70. The molecule has 0 saturated heterocycles. The first-order valence-electron chi connectivity index (χ1n) is 9.96. The quantitative estimate of drug-likeness (QED) is 0.462. The lowest BCUT2D eigenvalue weighted by Crippen LogP contribution is -2.38. The van der Waals surface area contributed by atoms with Crippen molar-refractivity contribution in [1.29, 1.82) is 0 Å². The molecule has 0 unspecified atom stereocenters. The molecule has 2 aromatic heterocycles. The van der Waals surface area contributed by atoms with E-state index in [0.29, 0.717) is 34.6 Å². The first-order chi connectivity index (χ1) is 14.9. The molecule has 1 atom stereocenters. The van der Waals surface area contributed by atoms with Crippen LogP contribution in [0.5, 0.6) is 0 Å². The fourth-order valence-electron chi connectivity index (χ4n) is 4.34. The first-order valence-corrected chi connectivity index (χ1v) is 10.3. The van der Waals surface area contributed by atoms with Crippen molar-refractivity contribution in [2.24, 2.45) is 7.05 Å². The normalized spacial score (nSPS) is 15.9. The Hall–Kier alpha value is -3.32. The highest BCUT2D eigenvalue weighted by molar-refractivity contribution is 6.30. The van der Waals surface area contributed by atoms with E-state index in [1.165, 1.54) is 12.1 Å². The van der Waals surface area contributed by atoms with Crippen molar-refractivity contribution in [2.75, 3.05) is 6.54 Å². The molecule has 156 valence electrons. The number of hydrogen-bond acceptors (Lipinski definition) is 4. The van der Waals surface area contributed by atoms with Crippen LogP contribution in [0, 0.1) is 5.82 Å². The van der Waals surface area contributed by atoms with Gasteiger partial charge in [0.05, 0.1) is 28.5 Å². The molecule has 0 N–H and O–H groups in total. The summed E-state index contributed by atoms with van der Waals surface area (Å²) in [6, 6.07) is 9.61. The average Bonchev–Trinajstić information content (AvgIpc) is 3.09. The summed E-state index contributed by atoms with van der Waals surface area (Å²) in [5.41, 5.74) is 5.34. The van der Waals surface area contributed by atoms with E-state index < -0.39 is 5.82 Å². The topological polar surface area (TPSA) is 63.9 Å². The fourth-order valence-corrected chi connectivity index (χ4v) is 4.56. The average molecular weight is 436 g/mol. The minimum atomic E-state index is -0.391. The van der Waals surface area contributed by atoms with Crippen molar-refractivity contribution in [2.45, 2.75) is 19.4 Å². The van der Waals surface area contributed by atoms with Gasteiger partial charge < -0.3 is 4.90 Å². The van der Waals surface area contributed by atoms with E-state index in [0.717, 1.165) is 22.5 Å². The predicted molar refractivity (Wildman–Crippen MR) is 116 cm³/mol. The SMILES string of the molecule is C[C@H]1c2nn(C)c(-c3cc(F)cc(Cl)c3)c2CCN1C(=O)c1ccc2nccnc2c1. The molecular formula is C23H19ClFN5O. The lowest BCUT2D eigenvalue weighted by molar-refractivity contribution is 0.0674. The van der Waals surface area contributed by atoms with Gasteiger partial charge in [0.25, 0.3) is 5.91 Å². The van der Waals surface area contributed by atoms with Crippen molar-refractivity contribution in [3.63, 3.8) is 0 Å². The molecule has 0 spiro atoms. The first kappa shape index (κ1) is 19.6. The molecule has 0 radical (unpaired) electrons. The molecule has 1 aliphatic rings. The van der Waals surface area contributed by atoms with Crippen LogP contribution in [0.15, 0.2) is 48.8 Å². The lowest BCUT2D eigenvalue weighted by Gasteiger charge is -2.33. The van der Waals surface area contributed by atoms with Gasteiger partial charge in [0.1, 0.15) is 5.82 Å². The van der Waals surface area contributed by atoms with Gasteiger partial charge in [-0.05, 0) is 49.7 Å². The number of benzene rings is 2. The molecule has 1 aliphatic heterocycles. The van der Waals surface area contributed by atoms with E-state index in [1.54, 1.807) is 35.3 Å². The van der Waals surface area contributed by atoms with E-state index in [2.05, 4.69) is 15.1 Å². The molecule has 1 amide bonds. The maximum absolute atomic E-state index is 14.0. The molecule has 2 aromatic carbocycles.